The number of hydrogen-bond donors (Lipinski definition) is 1. The number of benzene rings is 1. The fraction of sp³-hybridized carbons (Fsp3) is 0.500. The zero-order valence-electron chi connectivity index (χ0n) is 11.9. The van der Waals surface area contributed by atoms with Gasteiger partial charge in [-0.3, -0.25) is 4.79 Å². The van der Waals surface area contributed by atoms with Gasteiger partial charge in [0.2, 0.25) is 5.91 Å². The molecule has 2 fully saturated rings. The van der Waals surface area contributed by atoms with Crippen LogP contribution in [0.2, 0.25) is 0 Å². The van der Waals surface area contributed by atoms with E-state index in [4.69, 9.17) is 4.74 Å². The van der Waals surface area contributed by atoms with Gasteiger partial charge in [0.1, 0.15) is 5.75 Å². The molecule has 0 spiro atoms. The van der Waals surface area contributed by atoms with Crippen molar-refractivity contribution in [3.8, 4) is 5.75 Å². The van der Waals surface area contributed by atoms with Crippen molar-refractivity contribution < 1.29 is 9.53 Å². The highest BCUT2D eigenvalue weighted by molar-refractivity contribution is 7.78. The van der Waals surface area contributed by atoms with E-state index < -0.39 is 0 Å². The highest BCUT2D eigenvalue weighted by Gasteiger charge is 2.45. The van der Waals surface area contributed by atoms with E-state index in [2.05, 4.69) is 27.7 Å². The topological polar surface area (TPSA) is 50.7 Å². The van der Waals surface area contributed by atoms with E-state index in [-0.39, 0.29) is 23.9 Å². The summed E-state index contributed by atoms with van der Waals surface area (Å²) in [5, 5.41) is 5.51. The first-order chi connectivity index (χ1) is 10.2. The summed E-state index contributed by atoms with van der Waals surface area (Å²) in [6, 6.07) is 8.50. The first-order valence-corrected chi connectivity index (χ1v) is 7.63. The Hall–Kier alpha value is -1.71. The number of rotatable bonds is 5. The van der Waals surface area contributed by atoms with E-state index in [1.165, 1.54) is 5.56 Å². The lowest BCUT2D eigenvalue weighted by Gasteiger charge is -2.32. The van der Waals surface area contributed by atoms with Gasteiger partial charge in [-0.1, -0.05) is 12.1 Å². The molecule has 0 heterocycles. The second kappa shape index (κ2) is 5.96. The van der Waals surface area contributed by atoms with Gasteiger partial charge in [0, 0.05) is 12.0 Å². The lowest BCUT2D eigenvalue weighted by Crippen LogP contribution is -2.46. The average molecular weight is 302 g/mol. The summed E-state index contributed by atoms with van der Waals surface area (Å²) in [6.45, 7) is 0. The SMILES string of the molecule is COc1ccc(C2CC2C(=O)NC2CC(N=C=S)C2)cc1. The molecular formula is C16H18N2O2S. The summed E-state index contributed by atoms with van der Waals surface area (Å²) >= 11 is 4.58. The van der Waals surface area contributed by atoms with Crippen LogP contribution in [0.3, 0.4) is 0 Å². The Balaban J connectivity index is 1.48. The van der Waals surface area contributed by atoms with E-state index in [1.54, 1.807) is 7.11 Å². The molecule has 0 bridgehead atoms. The number of nitrogens with one attached hydrogen (secondary N) is 1. The van der Waals surface area contributed by atoms with Crippen LogP contribution in [0.15, 0.2) is 29.3 Å². The summed E-state index contributed by atoms with van der Waals surface area (Å²) < 4.78 is 5.15. The largest absolute Gasteiger partial charge is 0.497 e. The molecule has 2 unspecified atom stereocenters. The van der Waals surface area contributed by atoms with E-state index in [0.29, 0.717) is 5.92 Å². The molecular weight excluding hydrogens is 284 g/mol. The Morgan fingerprint density at radius 2 is 2.05 bits per heavy atom. The van der Waals surface area contributed by atoms with Crippen LogP contribution < -0.4 is 10.1 Å². The van der Waals surface area contributed by atoms with Crippen molar-refractivity contribution in [1.82, 2.24) is 5.32 Å². The monoisotopic (exact) mass is 302 g/mol. The number of carbonyl (C=O) groups is 1. The predicted molar refractivity (Wildman–Crippen MR) is 83.8 cm³/mol. The Morgan fingerprint density at radius 1 is 1.33 bits per heavy atom. The predicted octanol–water partition coefficient (Wildman–Crippen LogP) is 2.55. The van der Waals surface area contributed by atoms with E-state index in [9.17, 15) is 4.79 Å². The number of carbonyl (C=O) groups excluding carboxylic acids is 1. The van der Waals surface area contributed by atoms with Crippen LogP contribution >= 0.6 is 12.2 Å². The zero-order valence-corrected chi connectivity index (χ0v) is 12.7. The van der Waals surface area contributed by atoms with Gasteiger partial charge in [-0.15, -0.1) is 0 Å². The smallest absolute Gasteiger partial charge is 0.223 e. The third-order valence-corrected chi connectivity index (χ3v) is 4.47. The van der Waals surface area contributed by atoms with Crippen LogP contribution in [0.4, 0.5) is 0 Å². The van der Waals surface area contributed by atoms with Gasteiger partial charge < -0.3 is 10.1 Å². The Morgan fingerprint density at radius 3 is 2.67 bits per heavy atom. The van der Waals surface area contributed by atoms with Crippen molar-refractivity contribution in [2.75, 3.05) is 7.11 Å². The van der Waals surface area contributed by atoms with Gasteiger partial charge in [0.15, 0.2) is 0 Å². The van der Waals surface area contributed by atoms with Gasteiger partial charge in [-0.25, -0.2) is 4.99 Å². The first-order valence-electron chi connectivity index (χ1n) is 7.22. The number of aliphatic imine (C=N–C) groups is 1. The fourth-order valence-electron chi connectivity index (χ4n) is 2.90. The van der Waals surface area contributed by atoms with Crippen LogP contribution in [-0.4, -0.2) is 30.3 Å². The molecule has 0 radical (unpaired) electrons. The second-order valence-electron chi connectivity index (χ2n) is 5.77. The molecule has 0 aliphatic heterocycles. The number of amides is 1. The molecule has 1 amide bonds. The molecule has 2 saturated carbocycles. The highest BCUT2D eigenvalue weighted by atomic mass is 32.1. The van der Waals surface area contributed by atoms with Gasteiger partial charge in [-0.05, 0) is 55.1 Å². The fourth-order valence-corrected chi connectivity index (χ4v) is 3.05. The zero-order chi connectivity index (χ0) is 14.8. The van der Waals surface area contributed by atoms with Gasteiger partial charge in [-0.2, -0.15) is 0 Å². The van der Waals surface area contributed by atoms with Gasteiger partial charge >= 0.3 is 0 Å². The average Bonchev–Trinajstić information content (AvgIpc) is 3.25. The summed E-state index contributed by atoms with van der Waals surface area (Å²) in [5.74, 6) is 1.49. The third kappa shape index (κ3) is 3.14. The molecule has 0 aromatic heterocycles. The molecule has 1 N–H and O–H groups in total. The lowest BCUT2D eigenvalue weighted by atomic mass is 9.87. The van der Waals surface area contributed by atoms with Crippen LogP contribution in [0.25, 0.3) is 0 Å². The number of ether oxygens (including phenoxy) is 1. The molecule has 5 heteroatoms. The van der Waals surface area contributed by atoms with Crippen molar-refractivity contribution in [1.29, 1.82) is 0 Å². The molecule has 3 rings (SSSR count). The van der Waals surface area contributed by atoms with Crippen molar-refractivity contribution in [3.05, 3.63) is 29.8 Å². The van der Waals surface area contributed by atoms with Gasteiger partial charge in [0.25, 0.3) is 0 Å². The molecule has 0 saturated heterocycles. The number of thiocarbonyl (C=S) groups is 1. The van der Waals surface area contributed by atoms with E-state index >= 15 is 0 Å². The third-order valence-electron chi connectivity index (χ3n) is 4.37. The highest BCUT2D eigenvalue weighted by Crippen LogP contribution is 2.48. The summed E-state index contributed by atoms with van der Waals surface area (Å²) in [7, 11) is 1.65. The molecule has 1 aromatic carbocycles. The number of nitrogens with zero attached hydrogens (tertiary/aromatic N) is 1. The van der Waals surface area contributed by atoms with E-state index in [0.717, 1.165) is 25.0 Å². The normalized spacial score (nSPS) is 29.8. The molecule has 2 aliphatic carbocycles. The number of methoxy groups -OCH3 is 1. The van der Waals surface area contributed by atoms with E-state index in [1.807, 2.05) is 24.3 Å². The van der Waals surface area contributed by atoms with Crippen LogP contribution in [0.5, 0.6) is 5.75 Å². The quantitative estimate of drug-likeness (QED) is 0.672. The van der Waals surface area contributed by atoms with Crippen molar-refractivity contribution in [3.63, 3.8) is 0 Å². The maximum atomic E-state index is 12.2. The maximum absolute atomic E-state index is 12.2. The van der Waals surface area contributed by atoms with Crippen LogP contribution in [0.1, 0.15) is 30.7 Å². The maximum Gasteiger partial charge on any atom is 0.223 e. The van der Waals surface area contributed by atoms with Gasteiger partial charge in [0.05, 0.1) is 18.3 Å². The molecule has 2 atom stereocenters. The second-order valence-corrected chi connectivity index (χ2v) is 5.96. The number of hydrogen-bond acceptors (Lipinski definition) is 4. The Kier molecular flexibility index (Phi) is 4.04. The molecule has 21 heavy (non-hydrogen) atoms. The molecule has 4 nitrogen and oxygen atoms in total. The minimum Gasteiger partial charge on any atom is -0.497 e. The first kappa shape index (κ1) is 14.2. The molecule has 1 aromatic rings. The summed E-state index contributed by atoms with van der Waals surface area (Å²) in [5.41, 5.74) is 1.22. The van der Waals surface area contributed by atoms with Crippen LogP contribution in [-0.2, 0) is 4.79 Å². The summed E-state index contributed by atoms with van der Waals surface area (Å²) in [4.78, 5) is 16.2. The molecule has 2 aliphatic rings. The lowest BCUT2D eigenvalue weighted by molar-refractivity contribution is -0.123. The van der Waals surface area contributed by atoms with Crippen LogP contribution in [0, 0.1) is 5.92 Å². The van der Waals surface area contributed by atoms with Crippen molar-refractivity contribution in [2.24, 2.45) is 10.9 Å². The van der Waals surface area contributed by atoms with Crippen molar-refractivity contribution >= 4 is 23.3 Å². The standard InChI is InChI=1S/C16H18N2O2S/c1-20-13-4-2-10(3-5-13)14-8-15(14)16(19)18-12-6-11(7-12)17-9-21/h2-5,11-12,14-15H,6-8H2,1H3,(H,18,19). The molecule has 110 valence electrons. The Bertz CT molecular complexity index is 574. The minimum atomic E-state index is 0.117. The number of isothiocyanates is 1. The minimum absolute atomic E-state index is 0.117. The summed E-state index contributed by atoms with van der Waals surface area (Å²) in [6.07, 6.45) is 2.71. The Labute approximate surface area is 129 Å². The van der Waals surface area contributed by atoms with Crippen molar-refractivity contribution in [2.45, 2.75) is 37.3 Å².